The fraction of sp³-hybridized carbons (Fsp3) is 0.500. The molecule has 27 heavy (non-hydrogen) atoms. The third kappa shape index (κ3) is 4.67. The molecule has 2 amide bonds. The minimum Gasteiger partial charge on any atom is -0.444 e. The van der Waals surface area contributed by atoms with Gasteiger partial charge < -0.3 is 24.3 Å². The maximum absolute atomic E-state index is 12.8. The van der Waals surface area contributed by atoms with Crippen LogP contribution in [0.15, 0.2) is 41.3 Å². The Kier molecular flexibility index (Phi) is 5.69. The number of carbonyl (C=O) groups is 1. The van der Waals surface area contributed by atoms with Crippen molar-refractivity contribution in [2.75, 3.05) is 44.6 Å². The highest BCUT2D eigenvalue weighted by Gasteiger charge is 2.25. The summed E-state index contributed by atoms with van der Waals surface area (Å²) in [7, 11) is 0. The number of benzene rings is 1. The van der Waals surface area contributed by atoms with E-state index in [1.807, 2.05) is 29.2 Å². The van der Waals surface area contributed by atoms with Crippen LogP contribution in [0.5, 0.6) is 0 Å². The van der Waals surface area contributed by atoms with Gasteiger partial charge in [-0.3, -0.25) is 0 Å². The van der Waals surface area contributed by atoms with Gasteiger partial charge in [0.1, 0.15) is 0 Å². The Balaban J connectivity index is 1.38. The summed E-state index contributed by atoms with van der Waals surface area (Å²) in [5.41, 5.74) is 1.63. The van der Waals surface area contributed by atoms with Crippen LogP contribution < -0.4 is 5.32 Å². The molecule has 1 atom stereocenters. The zero-order chi connectivity index (χ0) is 18.5. The summed E-state index contributed by atoms with van der Waals surface area (Å²) < 4.78 is 11.3. The SMILES string of the molecule is O=C(Nc1cccc(-c2cnco2)c1)N1CCCO[C@@H](CN2CCCC2)C1. The van der Waals surface area contributed by atoms with Gasteiger partial charge in [0.15, 0.2) is 12.2 Å². The van der Waals surface area contributed by atoms with E-state index in [1.165, 1.54) is 19.2 Å². The van der Waals surface area contributed by atoms with Crippen LogP contribution in [0, 0.1) is 0 Å². The van der Waals surface area contributed by atoms with Crippen molar-refractivity contribution in [1.29, 1.82) is 0 Å². The summed E-state index contributed by atoms with van der Waals surface area (Å²) in [5.74, 6) is 0.681. The van der Waals surface area contributed by atoms with Crippen molar-refractivity contribution in [1.82, 2.24) is 14.8 Å². The number of nitrogens with one attached hydrogen (secondary N) is 1. The fourth-order valence-corrected chi connectivity index (χ4v) is 3.75. The molecule has 2 saturated heterocycles. The van der Waals surface area contributed by atoms with E-state index < -0.39 is 0 Å². The van der Waals surface area contributed by atoms with Crippen molar-refractivity contribution in [3.8, 4) is 11.3 Å². The lowest BCUT2D eigenvalue weighted by molar-refractivity contribution is 0.0355. The van der Waals surface area contributed by atoms with Gasteiger partial charge in [0.25, 0.3) is 0 Å². The first-order valence-corrected chi connectivity index (χ1v) is 9.67. The first-order chi connectivity index (χ1) is 13.3. The van der Waals surface area contributed by atoms with E-state index in [9.17, 15) is 4.79 Å². The van der Waals surface area contributed by atoms with Crippen LogP contribution in [-0.2, 0) is 4.74 Å². The van der Waals surface area contributed by atoms with Crippen LogP contribution in [-0.4, -0.2) is 66.2 Å². The topological polar surface area (TPSA) is 70.8 Å². The molecular formula is C20H26N4O3. The highest BCUT2D eigenvalue weighted by Crippen LogP contribution is 2.22. The Bertz CT molecular complexity index is 743. The van der Waals surface area contributed by atoms with Crippen molar-refractivity contribution in [2.45, 2.75) is 25.4 Å². The number of aromatic nitrogens is 1. The van der Waals surface area contributed by atoms with Crippen molar-refractivity contribution < 1.29 is 13.9 Å². The minimum atomic E-state index is -0.0818. The summed E-state index contributed by atoms with van der Waals surface area (Å²) in [4.78, 5) is 21.1. The third-order valence-electron chi connectivity index (χ3n) is 5.13. The number of amides is 2. The van der Waals surface area contributed by atoms with Gasteiger partial charge in [-0.1, -0.05) is 12.1 Å². The average molecular weight is 370 g/mol. The second-order valence-electron chi connectivity index (χ2n) is 7.18. The number of oxazole rings is 1. The largest absolute Gasteiger partial charge is 0.444 e. The fourth-order valence-electron chi connectivity index (χ4n) is 3.75. The summed E-state index contributed by atoms with van der Waals surface area (Å²) in [6.07, 6.45) is 6.53. The first kappa shape index (κ1) is 18.0. The number of ether oxygens (including phenoxy) is 1. The van der Waals surface area contributed by atoms with E-state index in [2.05, 4.69) is 15.2 Å². The molecule has 0 radical (unpaired) electrons. The Morgan fingerprint density at radius 2 is 2.11 bits per heavy atom. The number of hydrogen-bond acceptors (Lipinski definition) is 5. The molecule has 1 N–H and O–H groups in total. The van der Waals surface area contributed by atoms with Gasteiger partial charge in [0, 0.05) is 37.5 Å². The van der Waals surface area contributed by atoms with E-state index >= 15 is 0 Å². The second-order valence-corrected chi connectivity index (χ2v) is 7.18. The zero-order valence-electron chi connectivity index (χ0n) is 15.5. The maximum atomic E-state index is 12.8. The number of likely N-dealkylation sites (tertiary alicyclic amines) is 1. The lowest BCUT2D eigenvalue weighted by Crippen LogP contribution is -2.43. The Hall–Kier alpha value is -2.38. The first-order valence-electron chi connectivity index (χ1n) is 9.67. The Morgan fingerprint density at radius 3 is 2.93 bits per heavy atom. The summed E-state index contributed by atoms with van der Waals surface area (Å²) in [6, 6.07) is 7.53. The molecule has 0 spiro atoms. The second kappa shape index (κ2) is 8.54. The monoisotopic (exact) mass is 370 g/mol. The van der Waals surface area contributed by atoms with Gasteiger partial charge in [-0.05, 0) is 44.5 Å². The quantitative estimate of drug-likeness (QED) is 0.896. The van der Waals surface area contributed by atoms with Crippen LogP contribution in [0.3, 0.4) is 0 Å². The predicted molar refractivity (Wildman–Crippen MR) is 103 cm³/mol. The molecule has 7 heteroatoms. The van der Waals surface area contributed by atoms with Gasteiger partial charge >= 0.3 is 6.03 Å². The number of carbonyl (C=O) groups excluding carboxylic acids is 1. The van der Waals surface area contributed by atoms with Gasteiger partial charge in [-0.2, -0.15) is 0 Å². The minimum absolute atomic E-state index is 0.0804. The average Bonchev–Trinajstić information content (AvgIpc) is 3.34. The van der Waals surface area contributed by atoms with Crippen LogP contribution in [0.25, 0.3) is 11.3 Å². The lowest BCUT2D eigenvalue weighted by Gasteiger charge is -2.27. The number of urea groups is 1. The van der Waals surface area contributed by atoms with Crippen molar-refractivity contribution in [3.63, 3.8) is 0 Å². The third-order valence-corrected chi connectivity index (χ3v) is 5.13. The van der Waals surface area contributed by atoms with Crippen LogP contribution in [0.2, 0.25) is 0 Å². The molecule has 2 aromatic rings. The number of anilines is 1. The molecule has 2 aliphatic heterocycles. The smallest absolute Gasteiger partial charge is 0.321 e. The highest BCUT2D eigenvalue weighted by molar-refractivity contribution is 5.90. The predicted octanol–water partition coefficient (Wildman–Crippen LogP) is 3.06. The van der Waals surface area contributed by atoms with E-state index in [0.717, 1.165) is 37.3 Å². The van der Waals surface area contributed by atoms with Gasteiger partial charge in [0.2, 0.25) is 0 Å². The number of nitrogens with zero attached hydrogens (tertiary/aromatic N) is 3. The normalized spacial score (nSPS) is 21.2. The summed E-state index contributed by atoms with van der Waals surface area (Å²) in [5, 5.41) is 3.01. The van der Waals surface area contributed by atoms with E-state index in [-0.39, 0.29) is 12.1 Å². The molecule has 1 aromatic carbocycles. The van der Waals surface area contributed by atoms with Gasteiger partial charge in [0.05, 0.1) is 12.3 Å². The van der Waals surface area contributed by atoms with Crippen LogP contribution in [0.1, 0.15) is 19.3 Å². The molecule has 0 unspecified atom stereocenters. The molecular weight excluding hydrogens is 344 g/mol. The molecule has 1 aromatic heterocycles. The Morgan fingerprint density at radius 1 is 1.22 bits per heavy atom. The van der Waals surface area contributed by atoms with Crippen molar-refractivity contribution >= 4 is 11.7 Å². The highest BCUT2D eigenvalue weighted by atomic mass is 16.5. The zero-order valence-corrected chi connectivity index (χ0v) is 15.5. The number of rotatable bonds is 4. The Labute approximate surface area is 159 Å². The van der Waals surface area contributed by atoms with Gasteiger partial charge in [-0.25, -0.2) is 9.78 Å². The van der Waals surface area contributed by atoms with Crippen molar-refractivity contribution in [3.05, 3.63) is 36.9 Å². The van der Waals surface area contributed by atoms with Crippen LogP contribution in [0.4, 0.5) is 10.5 Å². The van der Waals surface area contributed by atoms with Crippen molar-refractivity contribution in [2.24, 2.45) is 0 Å². The molecule has 2 aliphatic rings. The molecule has 2 fully saturated rings. The van der Waals surface area contributed by atoms with E-state index in [0.29, 0.717) is 25.5 Å². The number of hydrogen-bond donors (Lipinski definition) is 1. The molecule has 0 bridgehead atoms. The van der Waals surface area contributed by atoms with E-state index in [1.54, 1.807) is 6.20 Å². The van der Waals surface area contributed by atoms with Gasteiger partial charge in [-0.15, -0.1) is 0 Å². The molecule has 144 valence electrons. The summed E-state index contributed by atoms with van der Waals surface area (Å²) >= 11 is 0. The molecule has 0 aliphatic carbocycles. The standard InChI is InChI=1S/C20H26N4O3/c25-20(22-17-6-3-5-16(11-17)19-12-21-15-27-19)24-9-4-10-26-18(14-24)13-23-7-1-2-8-23/h3,5-6,11-12,15,18H,1-2,4,7-10,13-14H2,(H,22,25)/t18-/m0/s1. The van der Waals surface area contributed by atoms with Crippen LogP contribution >= 0.6 is 0 Å². The molecule has 7 nitrogen and oxygen atoms in total. The molecule has 3 heterocycles. The lowest BCUT2D eigenvalue weighted by atomic mass is 10.1. The molecule has 4 rings (SSSR count). The maximum Gasteiger partial charge on any atom is 0.321 e. The molecule has 0 saturated carbocycles. The van der Waals surface area contributed by atoms with E-state index in [4.69, 9.17) is 9.15 Å². The summed E-state index contributed by atoms with van der Waals surface area (Å²) in [6.45, 7) is 5.24.